The zero-order valence-corrected chi connectivity index (χ0v) is 11.6. The van der Waals surface area contributed by atoms with E-state index < -0.39 is 0 Å². The standard InChI is InChI=1S/C12H8BrN3OS/c13-12-15-10(8-18-12)7-17-16-11(6-14)9-4-2-1-3-5-9/h1-5,8H,7H2/b16-11+. The van der Waals surface area contributed by atoms with Crippen LogP contribution in [0.3, 0.4) is 0 Å². The Bertz CT molecular complexity index is 589. The molecule has 2 aromatic rings. The van der Waals surface area contributed by atoms with E-state index in [-0.39, 0.29) is 12.3 Å². The van der Waals surface area contributed by atoms with E-state index in [0.717, 1.165) is 15.2 Å². The van der Waals surface area contributed by atoms with Crippen LogP contribution in [0.25, 0.3) is 0 Å². The molecular formula is C12H8BrN3OS. The summed E-state index contributed by atoms with van der Waals surface area (Å²) in [6.07, 6.45) is 0. The largest absolute Gasteiger partial charge is 0.388 e. The molecule has 0 radical (unpaired) electrons. The van der Waals surface area contributed by atoms with Gasteiger partial charge >= 0.3 is 0 Å². The highest BCUT2D eigenvalue weighted by atomic mass is 79.9. The van der Waals surface area contributed by atoms with Crippen LogP contribution in [-0.2, 0) is 11.4 Å². The number of benzene rings is 1. The van der Waals surface area contributed by atoms with Crippen LogP contribution in [0, 0.1) is 11.3 Å². The fraction of sp³-hybridized carbons (Fsp3) is 0.0833. The molecule has 0 aliphatic carbocycles. The van der Waals surface area contributed by atoms with Gasteiger partial charge in [0.05, 0.1) is 5.69 Å². The first-order chi connectivity index (χ1) is 8.79. The van der Waals surface area contributed by atoms with Gasteiger partial charge in [-0.1, -0.05) is 35.5 Å². The first-order valence-corrected chi connectivity index (χ1v) is 6.72. The molecule has 0 unspecified atom stereocenters. The van der Waals surface area contributed by atoms with E-state index in [2.05, 4.69) is 26.1 Å². The second-order valence-electron chi connectivity index (χ2n) is 3.28. The summed E-state index contributed by atoms with van der Waals surface area (Å²) < 4.78 is 0.800. The summed E-state index contributed by atoms with van der Waals surface area (Å²) in [5.74, 6) is 0. The molecule has 0 N–H and O–H groups in total. The quantitative estimate of drug-likeness (QED) is 0.641. The molecule has 0 spiro atoms. The molecule has 0 amide bonds. The maximum absolute atomic E-state index is 9.00. The van der Waals surface area contributed by atoms with Gasteiger partial charge < -0.3 is 4.84 Å². The molecule has 6 heteroatoms. The van der Waals surface area contributed by atoms with Crippen LogP contribution in [0.1, 0.15) is 11.3 Å². The van der Waals surface area contributed by atoms with Crippen molar-refractivity contribution in [3.05, 3.63) is 50.9 Å². The molecule has 0 saturated heterocycles. The van der Waals surface area contributed by atoms with Crippen LogP contribution in [-0.4, -0.2) is 10.7 Å². The van der Waals surface area contributed by atoms with Gasteiger partial charge in [-0.2, -0.15) is 5.26 Å². The van der Waals surface area contributed by atoms with Crippen LogP contribution < -0.4 is 0 Å². The molecule has 0 aliphatic heterocycles. The lowest BCUT2D eigenvalue weighted by molar-refractivity contribution is 0.128. The second kappa shape index (κ2) is 6.28. The van der Waals surface area contributed by atoms with Gasteiger partial charge in [0.2, 0.25) is 0 Å². The molecule has 4 nitrogen and oxygen atoms in total. The number of rotatable bonds is 4. The van der Waals surface area contributed by atoms with E-state index in [1.165, 1.54) is 11.3 Å². The molecule has 1 aromatic carbocycles. The van der Waals surface area contributed by atoms with E-state index in [4.69, 9.17) is 10.1 Å². The summed E-state index contributed by atoms with van der Waals surface area (Å²) in [5.41, 5.74) is 1.77. The van der Waals surface area contributed by atoms with Gasteiger partial charge in [0, 0.05) is 10.9 Å². The molecule has 1 heterocycles. The van der Waals surface area contributed by atoms with E-state index in [1.54, 1.807) is 0 Å². The van der Waals surface area contributed by atoms with Gasteiger partial charge in [0.15, 0.2) is 16.2 Å². The Balaban J connectivity index is 2.02. The number of hydrogen-bond donors (Lipinski definition) is 0. The highest BCUT2D eigenvalue weighted by molar-refractivity contribution is 9.11. The average Bonchev–Trinajstić information content (AvgIpc) is 2.81. The summed E-state index contributed by atoms with van der Waals surface area (Å²) in [6.45, 7) is 0.250. The Hall–Kier alpha value is -1.71. The van der Waals surface area contributed by atoms with Crippen LogP contribution >= 0.6 is 27.3 Å². The molecule has 0 saturated carbocycles. The van der Waals surface area contributed by atoms with E-state index in [9.17, 15) is 0 Å². The average molecular weight is 322 g/mol. The summed E-state index contributed by atoms with van der Waals surface area (Å²) >= 11 is 4.74. The number of oxime groups is 1. The van der Waals surface area contributed by atoms with Crippen LogP contribution in [0.4, 0.5) is 0 Å². The third-order valence-electron chi connectivity index (χ3n) is 2.05. The molecule has 2 rings (SSSR count). The van der Waals surface area contributed by atoms with Crippen molar-refractivity contribution in [1.29, 1.82) is 5.26 Å². The highest BCUT2D eigenvalue weighted by Gasteiger charge is 2.03. The molecular weight excluding hydrogens is 314 g/mol. The van der Waals surface area contributed by atoms with Crippen LogP contribution in [0.15, 0.2) is 44.8 Å². The van der Waals surface area contributed by atoms with Crippen molar-refractivity contribution < 1.29 is 4.84 Å². The highest BCUT2D eigenvalue weighted by Crippen LogP contribution is 2.16. The van der Waals surface area contributed by atoms with E-state index >= 15 is 0 Å². The summed E-state index contributed by atoms with van der Waals surface area (Å²) in [4.78, 5) is 9.29. The number of aromatic nitrogens is 1. The monoisotopic (exact) mass is 321 g/mol. The predicted octanol–water partition coefficient (Wildman–Crippen LogP) is 3.35. The van der Waals surface area contributed by atoms with Gasteiger partial charge in [0.1, 0.15) is 6.07 Å². The van der Waals surface area contributed by atoms with Crippen molar-refractivity contribution in [2.45, 2.75) is 6.61 Å². The first-order valence-electron chi connectivity index (χ1n) is 5.05. The zero-order valence-electron chi connectivity index (χ0n) is 9.21. The minimum atomic E-state index is 0.250. The van der Waals surface area contributed by atoms with Crippen molar-refractivity contribution >= 4 is 33.0 Å². The van der Waals surface area contributed by atoms with Crippen LogP contribution in [0.2, 0.25) is 0 Å². The number of thiazole rings is 1. The van der Waals surface area contributed by atoms with Gasteiger partial charge in [0.25, 0.3) is 0 Å². The van der Waals surface area contributed by atoms with Crippen molar-refractivity contribution in [3.63, 3.8) is 0 Å². The maximum atomic E-state index is 9.00. The molecule has 0 atom stereocenters. The van der Waals surface area contributed by atoms with Gasteiger partial charge in [-0.3, -0.25) is 0 Å². The third-order valence-corrected chi connectivity index (χ3v) is 3.46. The van der Waals surface area contributed by atoms with Crippen molar-refractivity contribution in [3.8, 4) is 6.07 Å². The third kappa shape index (κ3) is 3.39. The van der Waals surface area contributed by atoms with Gasteiger partial charge in [-0.15, -0.1) is 11.3 Å². The molecule has 0 aliphatic rings. The summed E-state index contributed by atoms with van der Waals surface area (Å²) in [7, 11) is 0. The number of nitriles is 1. The summed E-state index contributed by atoms with van der Waals surface area (Å²) in [5, 5.41) is 14.7. The lowest BCUT2D eigenvalue weighted by Crippen LogP contribution is -1.98. The Kier molecular flexibility index (Phi) is 4.45. The second-order valence-corrected chi connectivity index (χ2v) is 5.42. The number of nitrogens with zero attached hydrogens (tertiary/aromatic N) is 3. The van der Waals surface area contributed by atoms with E-state index in [1.807, 2.05) is 41.8 Å². The Morgan fingerprint density at radius 3 is 2.83 bits per heavy atom. The SMILES string of the molecule is N#C/C(=N\OCc1csc(Br)n1)c1ccccc1. The smallest absolute Gasteiger partial charge is 0.186 e. The predicted molar refractivity (Wildman–Crippen MR) is 73.2 cm³/mol. The fourth-order valence-corrected chi connectivity index (χ4v) is 2.28. The minimum absolute atomic E-state index is 0.250. The van der Waals surface area contributed by atoms with Gasteiger partial charge in [-0.05, 0) is 15.9 Å². The maximum Gasteiger partial charge on any atom is 0.186 e. The molecule has 90 valence electrons. The Morgan fingerprint density at radius 1 is 1.44 bits per heavy atom. The number of halogens is 1. The topological polar surface area (TPSA) is 58.3 Å². The molecule has 18 heavy (non-hydrogen) atoms. The van der Waals surface area contributed by atoms with Crippen LogP contribution in [0.5, 0.6) is 0 Å². The lowest BCUT2D eigenvalue weighted by atomic mass is 10.1. The normalized spacial score (nSPS) is 11.0. The Morgan fingerprint density at radius 2 is 2.22 bits per heavy atom. The number of hydrogen-bond acceptors (Lipinski definition) is 5. The fourth-order valence-electron chi connectivity index (χ4n) is 1.25. The van der Waals surface area contributed by atoms with Crippen molar-refractivity contribution in [2.75, 3.05) is 0 Å². The van der Waals surface area contributed by atoms with Crippen molar-refractivity contribution in [1.82, 2.24) is 4.98 Å². The minimum Gasteiger partial charge on any atom is -0.388 e. The zero-order chi connectivity index (χ0) is 12.8. The molecule has 0 fully saturated rings. The molecule has 1 aromatic heterocycles. The van der Waals surface area contributed by atoms with E-state index in [0.29, 0.717) is 0 Å². The Labute approximate surface area is 117 Å². The summed E-state index contributed by atoms with van der Waals surface area (Å²) in [6, 6.07) is 11.2. The van der Waals surface area contributed by atoms with Gasteiger partial charge in [-0.25, -0.2) is 4.98 Å². The molecule has 0 bridgehead atoms. The first kappa shape index (κ1) is 12.7. The van der Waals surface area contributed by atoms with Crippen molar-refractivity contribution in [2.24, 2.45) is 5.16 Å². The lowest BCUT2D eigenvalue weighted by Gasteiger charge is -1.98.